The SMILES string of the molecule is CCCn1cc(C(C)C(NC(=O)OCc2ccccc2)C(=O)O)c2ccccc21.COC. The Morgan fingerprint density at radius 3 is 2.31 bits per heavy atom. The summed E-state index contributed by atoms with van der Waals surface area (Å²) in [7, 11) is 3.25. The van der Waals surface area contributed by atoms with Crippen molar-refractivity contribution in [2.45, 2.75) is 45.4 Å². The van der Waals surface area contributed by atoms with Gasteiger partial charge in [-0.25, -0.2) is 9.59 Å². The second-order valence-corrected chi connectivity index (χ2v) is 7.51. The first-order valence-corrected chi connectivity index (χ1v) is 10.6. The summed E-state index contributed by atoms with van der Waals surface area (Å²) in [5.41, 5.74) is 2.79. The minimum atomic E-state index is -1.10. The number of ether oxygens (including phenoxy) is 2. The number of carboxylic acid groups (broad SMARTS) is 1. The van der Waals surface area contributed by atoms with Gasteiger partial charge in [-0.2, -0.15) is 0 Å². The zero-order chi connectivity index (χ0) is 23.5. The highest BCUT2D eigenvalue weighted by atomic mass is 16.5. The summed E-state index contributed by atoms with van der Waals surface area (Å²) in [4.78, 5) is 24.2. The minimum Gasteiger partial charge on any atom is -0.480 e. The lowest BCUT2D eigenvalue weighted by Crippen LogP contribution is -2.44. The molecule has 7 heteroatoms. The first-order valence-electron chi connectivity index (χ1n) is 10.6. The number of hydrogen-bond acceptors (Lipinski definition) is 4. The molecule has 2 N–H and O–H groups in total. The number of hydrogen-bond donors (Lipinski definition) is 2. The quantitative estimate of drug-likeness (QED) is 0.525. The van der Waals surface area contributed by atoms with Crippen molar-refractivity contribution in [2.75, 3.05) is 14.2 Å². The molecule has 0 aliphatic heterocycles. The first kappa shape index (κ1) is 24.9. The molecule has 2 aromatic carbocycles. The fourth-order valence-corrected chi connectivity index (χ4v) is 3.54. The number of carboxylic acids is 1. The number of carbonyl (C=O) groups is 2. The molecule has 2 unspecified atom stereocenters. The van der Waals surface area contributed by atoms with Crippen molar-refractivity contribution in [1.82, 2.24) is 9.88 Å². The fourth-order valence-electron chi connectivity index (χ4n) is 3.54. The molecule has 0 radical (unpaired) electrons. The molecule has 7 nitrogen and oxygen atoms in total. The maximum Gasteiger partial charge on any atom is 0.408 e. The molecule has 1 amide bonds. The standard InChI is InChI=1S/C23H26N2O4.C2H6O/c1-3-13-25-14-19(18-11-7-8-12-20(18)25)16(2)21(22(26)27)24-23(28)29-15-17-9-5-4-6-10-17;1-3-2/h4-12,14,16,21H,3,13,15H2,1-2H3,(H,24,28)(H,26,27);1-2H3. The van der Waals surface area contributed by atoms with Crippen molar-refractivity contribution >= 4 is 23.0 Å². The van der Waals surface area contributed by atoms with Crippen molar-refractivity contribution in [3.8, 4) is 0 Å². The Kier molecular flexibility index (Phi) is 9.76. The number of nitrogens with one attached hydrogen (secondary N) is 1. The molecule has 1 aromatic heterocycles. The number of nitrogens with zero attached hydrogens (tertiary/aromatic N) is 1. The highest BCUT2D eigenvalue weighted by Crippen LogP contribution is 2.30. The van der Waals surface area contributed by atoms with Crippen LogP contribution in [0.1, 0.15) is 37.3 Å². The number of benzene rings is 2. The maximum absolute atomic E-state index is 12.2. The lowest BCUT2D eigenvalue weighted by atomic mass is 9.93. The summed E-state index contributed by atoms with van der Waals surface area (Å²) >= 11 is 0. The lowest BCUT2D eigenvalue weighted by Gasteiger charge is -2.21. The van der Waals surface area contributed by atoms with Crippen LogP contribution in [-0.2, 0) is 27.4 Å². The summed E-state index contributed by atoms with van der Waals surface area (Å²) in [6, 6.07) is 16.1. The van der Waals surface area contributed by atoms with Crippen LogP contribution in [0.15, 0.2) is 60.8 Å². The van der Waals surface area contributed by atoms with E-state index in [9.17, 15) is 14.7 Å². The van der Waals surface area contributed by atoms with Gasteiger partial charge < -0.3 is 24.5 Å². The van der Waals surface area contributed by atoms with Crippen LogP contribution >= 0.6 is 0 Å². The van der Waals surface area contributed by atoms with Gasteiger partial charge in [-0.3, -0.25) is 0 Å². The Balaban J connectivity index is 0.00000114. The van der Waals surface area contributed by atoms with Crippen LogP contribution < -0.4 is 5.32 Å². The van der Waals surface area contributed by atoms with Crippen molar-refractivity contribution in [3.63, 3.8) is 0 Å². The molecule has 0 saturated carbocycles. The highest BCUT2D eigenvalue weighted by Gasteiger charge is 2.30. The predicted octanol–water partition coefficient (Wildman–Crippen LogP) is 4.80. The molecule has 0 saturated heterocycles. The van der Waals surface area contributed by atoms with E-state index in [1.165, 1.54) is 0 Å². The summed E-state index contributed by atoms with van der Waals surface area (Å²) in [5.74, 6) is -1.53. The van der Waals surface area contributed by atoms with Gasteiger partial charge in [0.05, 0.1) is 0 Å². The van der Waals surface area contributed by atoms with Gasteiger partial charge in [0.25, 0.3) is 0 Å². The topological polar surface area (TPSA) is 89.8 Å². The van der Waals surface area contributed by atoms with E-state index in [1.807, 2.05) is 67.7 Å². The van der Waals surface area contributed by atoms with Gasteiger partial charge in [0.1, 0.15) is 12.6 Å². The maximum atomic E-state index is 12.2. The van der Waals surface area contributed by atoms with Gasteiger partial charge in [-0.05, 0) is 23.6 Å². The molecule has 0 aliphatic carbocycles. The number of carbonyl (C=O) groups excluding carboxylic acids is 1. The zero-order valence-electron chi connectivity index (χ0n) is 19.1. The number of para-hydroxylation sites is 1. The van der Waals surface area contributed by atoms with Crippen LogP contribution in [0.5, 0.6) is 0 Å². The van der Waals surface area contributed by atoms with Crippen LogP contribution in [0.4, 0.5) is 4.79 Å². The van der Waals surface area contributed by atoms with Crippen LogP contribution in [0, 0.1) is 0 Å². The number of aliphatic carboxylic acids is 1. The third-order valence-electron chi connectivity index (χ3n) is 5.03. The van der Waals surface area contributed by atoms with Crippen molar-refractivity contribution < 1.29 is 24.2 Å². The first-order chi connectivity index (χ1) is 15.4. The molecule has 32 heavy (non-hydrogen) atoms. The molecule has 2 atom stereocenters. The van der Waals surface area contributed by atoms with E-state index in [0.717, 1.165) is 35.0 Å². The Morgan fingerprint density at radius 2 is 1.69 bits per heavy atom. The number of fused-ring (bicyclic) bond motifs is 1. The Morgan fingerprint density at radius 1 is 1.06 bits per heavy atom. The summed E-state index contributed by atoms with van der Waals surface area (Å²) in [5, 5.41) is 13.3. The van der Waals surface area contributed by atoms with Crippen molar-refractivity contribution in [1.29, 1.82) is 0 Å². The number of rotatable bonds is 8. The predicted molar refractivity (Wildman–Crippen MR) is 125 cm³/mol. The molecule has 1 heterocycles. The van der Waals surface area contributed by atoms with E-state index in [4.69, 9.17) is 4.74 Å². The Bertz CT molecular complexity index is 1000. The van der Waals surface area contributed by atoms with E-state index >= 15 is 0 Å². The normalized spacial score (nSPS) is 12.4. The zero-order valence-corrected chi connectivity index (χ0v) is 19.1. The van der Waals surface area contributed by atoms with Crippen LogP contribution in [0.25, 0.3) is 10.9 Å². The Hall–Kier alpha value is -3.32. The lowest BCUT2D eigenvalue weighted by molar-refractivity contribution is -0.139. The number of aromatic nitrogens is 1. The number of aryl methyl sites for hydroxylation is 1. The van der Waals surface area contributed by atoms with Crippen molar-refractivity contribution in [3.05, 3.63) is 71.9 Å². The molecular formula is C25H32N2O5. The molecule has 0 bridgehead atoms. The molecule has 0 aliphatic rings. The Labute approximate surface area is 189 Å². The number of amides is 1. The van der Waals surface area contributed by atoms with Gasteiger partial charge in [-0.15, -0.1) is 0 Å². The summed E-state index contributed by atoms with van der Waals surface area (Å²) < 4.78 is 11.6. The summed E-state index contributed by atoms with van der Waals surface area (Å²) in [6.07, 6.45) is 2.22. The monoisotopic (exact) mass is 440 g/mol. The average molecular weight is 441 g/mol. The van der Waals surface area contributed by atoms with E-state index in [2.05, 4.69) is 21.5 Å². The smallest absolute Gasteiger partial charge is 0.408 e. The van der Waals surface area contributed by atoms with E-state index < -0.39 is 24.0 Å². The molecule has 0 fully saturated rings. The van der Waals surface area contributed by atoms with Gasteiger partial charge in [-0.1, -0.05) is 62.4 Å². The number of methoxy groups -OCH3 is 1. The van der Waals surface area contributed by atoms with Crippen LogP contribution in [0.3, 0.4) is 0 Å². The largest absolute Gasteiger partial charge is 0.480 e. The molecule has 3 rings (SSSR count). The third-order valence-corrected chi connectivity index (χ3v) is 5.03. The van der Waals surface area contributed by atoms with E-state index in [-0.39, 0.29) is 6.61 Å². The minimum absolute atomic E-state index is 0.0865. The van der Waals surface area contributed by atoms with E-state index in [1.54, 1.807) is 14.2 Å². The fraction of sp³-hybridized carbons (Fsp3) is 0.360. The van der Waals surface area contributed by atoms with Gasteiger partial charge in [0.15, 0.2) is 0 Å². The van der Waals surface area contributed by atoms with Gasteiger partial charge >= 0.3 is 12.1 Å². The highest BCUT2D eigenvalue weighted by molar-refractivity contribution is 5.87. The average Bonchev–Trinajstić information content (AvgIpc) is 3.15. The molecule has 3 aromatic rings. The second-order valence-electron chi connectivity index (χ2n) is 7.51. The summed E-state index contributed by atoms with van der Waals surface area (Å²) in [6.45, 7) is 4.84. The molecule has 0 spiro atoms. The van der Waals surface area contributed by atoms with E-state index in [0.29, 0.717) is 0 Å². The number of alkyl carbamates (subject to hydrolysis) is 1. The van der Waals surface area contributed by atoms with Gasteiger partial charge in [0, 0.05) is 43.8 Å². The van der Waals surface area contributed by atoms with Gasteiger partial charge in [0.2, 0.25) is 0 Å². The second kappa shape index (κ2) is 12.5. The molecule has 172 valence electrons. The van der Waals surface area contributed by atoms with Crippen LogP contribution in [0.2, 0.25) is 0 Å². The molecular weight excluding hydrogens is 408 g/mol. The third kappa shape index (κ3) is 6.59. The van der Waals surface area contributed by atoms with Crippen LogP contribution in [-0.4, -0.2) is 42.0 Å². The van der Waals surface area contributed by atoms with Crippen molar-refractivity contribution in [2.24, 2.45) is 0 Å².